The molecule has 1 aliphatic rings. The van der Waals surface area contributed by atoms with Crippen LogP contribution in [0.1, 0.15) is 37.7 Å². The van der Waals surface area contributed by atoms with E-state index in [9.17, 15) is 9.90 Å². The largest absolute Gasteiger partial charge is 0.481 e. The molecule has 0 spiro atoms. The minimum atomic E-state index is -0.659. The fourth-order valence-electron chi connectivity index (χ4n) is 2.55. The molecule has 1 fully saturated rings. The van der Waals surface area contributed by atoms with Crippen LogP contribution >= 0.6 is 22.6 Å². The zero-order valence-electron chi connectivity index (χ0n) is 9.08. The van der Waals surface area contributed by atoms with E-state index in [1.165, 1.54) is 6.42 Å². The van der Waals surface area contributed by atoms with Crippen LogP contribution in [0.3, 0.4) is 0 Å². The van der Waals surface area contributed by atoms with Crippen LogP contribution in [0.25, 0.3) is 0 Å². The van der Waals surface area contributed by atoms with E-state index in [1.54, 1.807) is 0 Å². The lowest BCUT2D eigenvalue weighted by Crippen LogP contribution is -2.37. The topological polar surface area (TPSA) is 37.3 Å². The van der Waals surface area contributed by atoms with Crippen molar-refractivity contribution in [1.29, 1.82) is 0 Å². The Hall–Kier alpha value is -0.580. The number of carbonyl (C=O) groups is 1. The fourth-order valence-corrected chi connectivity index (χ4v) is 2.91. The Balaban J connectivity index is 2.38. The maximum atomic E-state index is 11.6. The van der Waals surface area contributed by atoms with Crippen LogP contribution < -0.4 is 0 Å². The Morgan fingerprint density at radius 1 is 1.12 bits per heavy atom. The molecule has 0 radical (unpaired) electrons. The molecule has 1 aromatic carbocycles. The molecule has 0 atom stereocenters. The Morgan fingerprint density at radius 2 is 1.69 bits per heavy atom. The lowest BCUT2D eigenvalue weighted by molar-refractivity contribution is -0.145. The van der Waals surface area contributed by atoms with Gasteiger partial charge in [-0.1, -0.05) is 31.4 Å². The van der Waals surface area contributed by atoms with Gasteiger partial charge in [-0.25, -0.2) is 0 Å². The first-order valence-electron chi connectivity index (χ1n) is 5.65. The zero-order chi connectivity index (χ0) is 11.6. The Bertz CT molecular complexity index is 377. The van der Waals surface area contributed by atoms with Gasteiger partial charge in [-0.3, -0.25) is 4.79 Å². The average Bonchev–Trinajstić information content (AvgIpc) is 2.30. The molecule has 2 rings (SSSR count). The summed E-state index contributed by atoms with van der Waals surface area (Å²) in [7, 11) is 0. The number of halogens is 1. The van der Waals surface area contributed by atoms with Crippen molar-refractivity contribution in [2.24, 2.45) is 0 Å². The van der Waals surface area contributed by atoms with Gasteiger partial charge in [0.2, 0.25) is 0 Å². The quantitative estimate of drug-likeness (QED) is 0.842. The van der Waals surface area contributed by atoms with E-state index in [2.05, 4.69) is 22.6 Å². The Morgan fingerprint density at radius 3 is 2.19 bits per heavy atom. The second-order valence-corrected chi connectivity index (χ2v) is 5.70. The average molecular weight is 330 g/mol. The highest BCUT2D eigenvalue weighted by atomic mass is 127. The van der Waals surface area contributed by atoms with Crippen LogP contribution in [0.5, 0.6) is 0 Å². The number of carboxylic acids is 1. The van der Waals surface area contributed by atoms with E-state index in [-0.39, 0.29) is 0 Å². The van der Waals surface area contributed by atoms with Crippen molar-refractivity contribution in [2.45, 2.75) is 37.5 Å². The highest BCUT2D eigenvalue weighted by Crippen LogP contribution is 2.39. The molecule has 1 aliphatic carbocycles. The molecule has 86 valence electrons. The molecule has 1 aromatic rings. The van der Waals surface area contributed by atoms with Gasteiger partial charge in [-0.15, -0.1) is 0 Å². The summed E-state index contributed by atoms with van der Waals surface area (Å²) in [6, 6.07) is 7.94. The summed E-state index contributed by atoms with van der Waals surface area (Å²) in [5.74, 6) is -0.659. The van der Waals surface area contributed by atoms with Crippen molar-refractivity contribution in [3.63, 3.8) is 0 Å². The van der Waals surface area contributed by atoms with E-state index in [0.29, 0.717) is 0 Å². The van der Waals surface area contributed by atoms with Crippen LogP contribution in [0.15, 0.2) is 24.3 Å². The van der Waals surface area contributed by atoms with Gasteiger partial charge in [-0.05, 0) is 53.1 Å². The number of carboxylic acid groups (broad SMARTS) is 1. The third-order valence-corrected chi connectivity index (χ3v) is 4.23. The first-order chi connectivity index (χ1) is 7.65. The van der Waals surface area contributed by atoms with Crippen LogP contribution in [0.4, 0.5) is 0 Å². The summed E-state index contributed by atoms with van der Waals surface area (Å²) in [5, 5.41) is 9.51. The minimum Gasteiger partial charge on any atom is -0.481 e. The van der Waals surface area contributed by atoms with Gasteiger partial charge in [0.05, 0.1) is 5.41 Å². The molecule has 0 unspecified atom stereocenters. The summed E-state index contributed by atoms with van der Waals surface area (Å²) in [6.07, 6.45) is 4.78. The second-order valence-electron chi connectivity index (χ2n) is 4.45. The standard InChI is InChI=1S/C13H15IO2/c14-11-6-4-10(5-7-11)13(12(15)16)8-2-1-3-9-13/h4-7H,1-3,8-9H2,(H,15,16). The maximum absolute atomic E-state index is 11.6. The van der Waals surface area contributed by atoms with E-state index in [0.717, 1.165) is 34.8 Å². The SMILES string of the molecule is O=C(O)C1(c2ccc(I)cc2)CCCCC1. The number of benzene rings is 1. The molecule has 0 aliphatic heterocycles. The number of hydrogen-bond donors (Lipinski definition) is 1. The predicted molar refractivity (Wildman–Crippen MR) is 71.6 cm³/mol. The van der Waals surface area contributed by atoms with Crippen molar-refractivity contribution in [1.82, 2.24) is 0 Å². The Kier molecular flexibility index (Phi) is 3.52. The van der Waals surface area contributed by atoms with Crippen LogP contribution in [-0.4, -0.2) is 11.1 Å². The molecular weight excluding hydrogens is 315 g/mol. The summed E-state index contributed by atoms with van der Waals surface area (Å²) >= 11 is 2.24. The third-order valence-electron chi connectivity index (χ3n) is 3.51. The van der Waals surface area contributed by atoms with E-state index >= 15 is 0 Å². The van der Waals surface area contributed by atoms with Crippen LogP contribution in [0.2, 0.25) is 0 Å². The van der Waals surface area contributed by atoms with E-state index < -0.39 is 11.4 Å². The molecule has 2 nitrogen and oxygen atoms in total. The molecule has 0 amide bonds. The number of hydrogen-bond acceptors (Lipinski definition) is 1. The molecular formula is C13H15IO2. The normalized spacial score (nSPS) is 19.3. The van der Waals surface area contributed by atoms with Gasteiger partial charge in [0.25, 0.3) is 0 Å². The van der Waals surface area contributed by atoms with Gasteiger partial charge in [0.1, 0.15) is 0 Å². The number of rotatable bonds is 2. The molecule has 0 saturated heterocycles. The maximum Gasteiger partial charge on any atom is 0.314 e. The summed E-state index contributed by atoms with van der Waals surface area (Å²) in [5.41, 5.74) is 0.350. The monoisotopic (exact) mass is 330 g/mol. The first-order valence-corrected chi connectivity index (χ1v) is 6.72. The zero-order valence-corrected chi connectivity index (χ0v) is 11.2. The summed E-state index contributed by atoms with van der Waals surface area (Å²) < 4.78 is 1.15. The van der Waals surface area contributed by atoms with Gasteiger partial charge in [0.15, 0.2) is 0 Å². The molecule has 0 aromatic heterocycles. The minimum absolute atomic E-state index is 0.622. The predicted octanol–water partition coefficient (Wildman–Crippen LogP) is 3.58. The molecule has 0 heterocycles. The van der Waals surface area contributed by atoms with Crippen molar-refractivity contribution in [3.05, 3.63) is 33.4 Å². The van der Waals surface area contributed by atoms with Gasteiger partial charge in [-0.2, -0.15) is 0 Å². The van der Waals surface area contributed by atoms with Crippen molar-refractivity contribution < 1.29 is 9.90 Å². The highest BCUT2D eigenvalue weighted by molar-refractivity contribution is 14.1. The molecule has 0 bridgehead atoms. The van der Waals surface area contributed by atoms with E-state index in [1.807, 2.05) is 24.3 Å². The smallest absolute Gasteiger partial charge is 0.314 e. The molecule has 1 saturated carbocycles. The third kappa shape index (κ3) is 2.10. The van der Waals surface area contributed by atoms with Crippen molar-refractivity contribution in [3.8, 4) is 0 Å². The highest BCUT2D eigenvalue weighted by Gasteiger charge is 2.40. The van der Waals surface area contributed by atoms with Crippen LogP contribution in [-0.2, 0) is 10.2 Å². The van der Waals surface area contributed by atoms with Gasteiger partial charge < -0.3 is 5.11 Å². The van der Waals surface area contributed by atoms with E-state index in [4.69, 9.17) is 0 Å². The van der Waals surface area contributed by atoms with Crippen molar-refractivity contribution in [2.75, 3.05) is 0 Å². The van der Waals surface area contributed by atoms with Crippen molar-refractivity contribution >= 4 is 28.6 Å². The van der Waals surface area contributed by atoms with Gasteiger partial charge >= 0.3 is 5.97 Å². The molecule has 3 heteroatoms. The van der Waals surface area contributed by atoms with Gasteiger partial charge in [0, 0.05) is 3.57 Å². The lowest BCUT2D eigenvalue weighted by atomic mass is 9.69. The first kappa shape index (κ1) is 11.9. The fraction of sp³-hybridized carbons (Fsp3) is 0.462. The van der Waals surface area contributed by atoms with Crippen LogP contribution in [0, 0.1) is 3.57 Å². The Labute approximate surface area is 109 Å². The lowest BCUT2D eigenvalue weighted by Gasteiger charge is -2.33. The molecule has 1 N–H and O–H groups in total. The summed E-state index contributed by atoms with van der Waals surface area (Å²) in [6.45, 7) is 0. The second kappa shape index (κ2) is 4.73. The molecule has 16 heavy (non-hydrogen) atoms. The number of aliphatic carboxylic acids is 1. The summed E-state index contributed by atoms with van der Waals surface area (Å²) in [4.78, 5) is 11.6.